The van der Waals surface area contributed by atoms with E-state index in [1.165, 1.54) is 12.8 Å². The number of aliphatic hydroxyl groups is 1. The van der Waals surface area contributed by atoms with Gasteiger partial charge in [-0.25, -0.2) is 0 Å². The highest BCUT2D eigenvalue weighted by Gasteiger charge is 2.41. The number of nitrogens with zero attached hydrogens (tertiary/aromatic N) is 1. The van der Waals surface area contributed by atoms with E-state index in [4.69, 9.17) is 10.4 Å². The number of hydrogen-bond acceptors (Lipinski definition) is 3. The molecule has 0 atom stereocenters. The second kappa shape index (κ2) is 3.70. The van der Waals surface area contributed by atoms with Gasteiger partial charge in [0.25, 0.3) is 0 Å². The molecule has 0 aromatic heterocycles. The van der Waals surface area contributed by atoms with E-state index in [9.17, 15) is 0 Å². The minimum Gasteiger partial charge on any atom is -0.396 e. The van der Waals surface area contributed by atoms with Gasteiger partial charge in [-0.1, -0.05) is 0 Å². The first kappa shape index (κ1) is 8.51. The summed E-state index contributed by atoms with van der Waals surface area (Å²) in [6.07, 6.45) is 3.28. The lowest BCUT2D eigenvalue weighted by atomic mass is 10.0. The van der Waals surface area contributed by atoms with Gasteiger partial charge in [0, 0.05) is 13.2 Å². The van der Waals surface area contributed by atoms with Crippen LogP contribution in [0.2, 0.25) is 0 Å². The summed E-state index contributed by atoms with van der Waals surface area (Å²) < 4.78 is 0. The molecule has 0 spiro atoms. The molecule has 1 aliphatic rings. The molecule has 0 radical (unpaired) electrons. The molecule has 3 heteroatoms. The Kier molecular flexibility index (Phi) is 2.86. The van der Waals surface area contributed by atoms with Crippen molar-refractivity contribution >= 4 is 0 Å². The van der Waals surface area contributed by atoms with Crippen LogP contribution in [0.15, 0.2) is 0 Å². The van der Waals surface area contributed by atoms with Crippen molar-refractivity contribution in [3.63, 3.8) is 0 Å². The van der Waals surface area contributed by atoms with Crippen molar-refractivity contribution in [2.75, 3.05) is 19.7 Å². The third-order valence-corrected chi connectivity index (χ3v) is 2.30. The monoisotopic (exact) mass is 154 g/mol. The van der Waals surface area contributed by atoms with Gasteiger partial charge in [0.2, 0.25) is 0 Å². The summed E-state index contributed by atoms with van der Waals surface area (Å²) in [5, 5.41) is 20.0. The fourth-order valence-corrected chi connectivity index (χ4v) is 1.31. The predicted molar refractivity (Wildman–Crippen MR) is 41.9 cm³/mol. The van der Waals surface area contributed by atoms with Gasteiger partial charge >= 0.3 is 0 Å². The number of aliphatic hydroxyl groups excluding tert-OH is 1. The first-order chi connectivity index (χ1) is 5.33. The summed E-state index contributed by atoms with van der Waals surface area (Å²) >= 11 is 0. The van der Waals surface area contributed by atoms with E-state index in [-0.39, 0.29) is 6.61 Å². The van der Waals surface area contributed by atoms with E-state index < -0.39 is 0 Å². The second-order valence-corrected chi connectivity index (χ2v) is 3.24. The Morgan fingerprint density at radius 3 is 2.73 bits per heavy atom. The maximum Gasteiger partial charge on any atom is 0.0841 e. The molecule has 1 fully saturated rings. The van der Waals surface area contributed by atoms with Crippen molar-refractivity contribution in [2.45, 2.75) is 19.3 Å². The maximum atomic E-state index is 8.71. The molecule has 1 saturated carbocycles. The quantitative estimate of drug-likeness (QED) is 0.441. The molecule has 2 N–H and O–H groups in total. The third kappa shape index (κ3) is 2.49. The largest absolute Gasteiger partial charge is 0.396 e. The second-order valence-electron chi connectivity index (χ2n) is 3.24. The van der Waals surface area contributed by atoms with Crippen LogP contribution in [-0.2, 0) is 0 Å². The van der Waals surface area contributed by atoms with E-state index >= 15 is 0 Å². The highest BCUT2D eigenvalue weighted by molar-refractivity contribution is 4.95. The molecule has 0 amide bonds. The van der Waals surface area contributed by atoms with E-state index in [1.54, 1.807) is 0 Å². The van der Waals surface area contributed by atoms with Crippen molar-refractivity contribution in [3.05, 3.63) is 0 Å². The van der Waals surface area contributed by atoms with Crippen molar-refractivity contribution in [2.24, 2.45) is 5.41 Å². The molecule has 1 aliphatic carbocycles. The predicted octanol–water partition coefficient (Wildman–Crippen LogP) is 0.262. The number of hydrogen-bond donors (Lipinski definition) is 2. The lowest BCUT2D eigenvalue weighted by molar-refractivity contribution is 0.246. The minimum atomic E-state index is 0.272. The van der Waals surface area contributed by atoms with Crippen LogP contribution < -0.4 is 5.32 Å². The van der Waals surface area contributed by atoms with Crippen LogP contribution in [0, 0.1) is 16.7 Å². The number of rotatable bonds is 5. The molecule has 0 unspecified atom stereocenters. The zero-order valence-electron chi connectivity index (χ0n) is 6.64. The fourth-order valence-electron chi connectivity index (χ4n) is 1.31. The number of nitrogens with one attached hydrogen (secondary N) is 1. The summed E-state index contributed by atoms with van der Waals surface area (Å²) in [6, 6.07) is 2.04. The minimum absolute atomic E-state index is 0.272. The lowest BCUT2D eigenvalue weighted by Gasteiger charge is -2.12. The highest BCUT2D eigenvalue weighted by Crippen LogP contribution is 2.47. The Balaban J connectivity index is 2.10. The van der Waals surface area contributed by atoms with Gasteiger partial charge in [0.1, 0.15) is 0 Å². The highest BCUT2D eigenvalue weighted by atomic mass is 16.3. The Labute approximate surface area is 67.0 Å². The number of nitriles is 1. The molecule has 3 nitrogen and oxygen atoms in total. The molecule has 0 heterocycles. The Morgan fingerprint density at radius 2 is 2.27 bits per heavy atom. The van der Waals surface area contributed by atoms with E-state index in [1.807, 2.05) is 6.07 Å². The normalized spacial score (nSPS) is 19.3. The standard InChI is InChI=1S/C8H14N2O/c9-4-5-10-7-8(1-2-8)3-6-11/h10-11H,1-3,5-7H2. The lowest BCUT2D eigenvalue weighted by Crippen LogP contribution is -2.24. The summed E-state index contributed by atoms with van der Waals surface area (Å²) in [5.74, 6) is 0. The molecule has 0 saturated heterocycles. The Bertz CT molecular complexity index is 158. The van der Waals surface area contributed by atoms with Gasteiger partial charge < -0.3 is 10.4 Å². The first-order valence-electron chi connectivity index (χ1n) is 4.01. The molecule has 62 valence electrons. The summed E-state index contributed by atoms with van der Waals surface area (Å²) in [7, 11) is 0. The van der Waals surface area contributed by atoms with Gasteiger partial charge in [-0.05, 0) is 24.7 Å². The van der Waals surface area contributed by atoms with Gasteiger partial charge in [-0.15, -0.1) is 0 Å². The van der Waals surface area contributed by atoms with Crippen LogP contribution in [0.1, 0.15) is 19.3 Å². The van der Waals surface area contributed by atoms with Gasteiger partial charge in [0.15, 0.2) is 0 Å². The summed E-state index contributed by atoms with van der Waals surface area (Å²) in [5.41, 5.74) is 0.339. The van der Waals surface area contributed by atoms with E-state index in [0.29, 0.717) is 12.0 Å². The van der Waals surface area contributed by atoms with Gasteiger partial charge in [-0.2, -0.15) is 5.26 Å². The average molecular weight is 154 g/mol. The van der Waals surface area contributed by atoms with Crippen LogP contribution >= 0.6 is 0 Å². The summed E-state index contributed by atoms with van der Waals surface area (Å²) in [6.45, 7) is 1.59. The summed E-state index contributed by atoms with van der Waals surface area (Å²) in [4.78, 5) is 0. The molecule has 1 rings (SSSR count). The van der Waals surface area contributed by atoms with Crippen molar-refractivity contribution in [3.8, 4) is 6.07 Å². The first-order valence-corrected chi connectivity index (χ1v) is 4.01. The smallest absolute Gasteiger partial charge is 0.0841 e. The Hall–Kier alpha value is -0.590. The topological polar surface area (TPSA) is 56.0 Å². The van der Waals surface area contributed by atoms with Crippen LogP contribution in [-0.4, -0.2) is 24.8 Å². The van der Waals surface area contributed by atoms with Crippen molar-refractivity contribution < 1.29 is 5.11 Å². The van der Waals surface area contributed by atoms with Crippen LogP contribution in [0.3, 0.4) is 0 Å². The van der Waals surface area contributed by atoms with Gasteiger partial charge in [-0.3, -0.25) is 0 Å². The average Bonchev–Trinajstić information content (AvgIpc) is 2.71. The van der Waals surface area contributed by atoms with Crippen molar-refractivity contribution in [1.82, 2.24) is 5.32 Å². The molecule has 0 aliphatic heterocycles. The molecule has 0 aromatic rings. The SMILES string of the molecule is N#CCNCC1(CCO)CC1. The maximum absolute atomic E-state index is 8.71. The van der Waals surface area contributed by atoms with E-state index in [0.717, 1.165) is 13.0 Å². The molecule has 0 aromatic carbocycles. The van der Waals surface area contributed by atoms with Crippen LogP contribution in [0.5, 0.6) is 0 Å². The molecule has 11 heavy (non-hydrogen) atoms. The van der Waals surface area contributed by atoms with Crippen molar-refractivity contribution in [1.29, 1.82) is 5.26 Å². The third-order valence-electron chi connectivity index (χ3n) is 2.30. The molecule has 0 bridgehead atoms. The fraction of sp³-hybridized carbons (Fsp3) is 0.875. The Morgan fingerprint density at radius 1 is 1.55 bits per heavy atom. The molecular formula is C8H14N2O. The van der Waals surface area contributed by atoms with E-state index in [2.05, 4.69) is 5.32 Å². The van der Waals surface area contributed by atoms with Crippen LogP contribution in [0.4, 0.5) is 0 Å². The van der Waals surface area contributed by atoms with Gasteiger partial charge in [0.05, 0.1) is 12.6 Å². The zero-order chi connectivity index (χ0) is 8.16. The molecular weight excluding hydrogens is 140 g/mol. The van der Waals surface area contributed by atoms with Crippen LogP contribution in [0.25, 0.3) is 0 Å². The zero-order valence-corrected chi connectivity index (χ0v) is 6.64.